The van der Waals surface area contributed by atoms with Crippen LogP contribution in [0.1, 0.15) is 0 Å². The van der Waals surface area contributed by atoms with E-state index in [1.165, 1.54) is 6.07 Å². The summed E-state index contributed by atoms with van der Waals surface area (Å²) in [6.45, 7) is 0. The molecular weight excluding hydrogens is 412 g/mol. The van der Waals surface area contributed by atoms with E-state index in [1.807, 2.05) is 48.5 Å². The van der Waals surface area contributed by atoms with Crippen LogP contribution in [0.5, 0.6) is 5.75 Å². The minimum Gasteiger partial charge on any atom is -0.497 e. The molecule has 0 atom stereocenters. The molecule has 2 aromatic heterocycles. The Morgan fingerprint density at radius 3 is 2.78 bits per heavy atom. The highest BCUT2D eigenvalue weighted by Gasteiger charge is 2.16. The first-order valence-corrected chi connectivity index (χ1v) is 8.78. The maximum Gasteiger partial charge on any atom is 0.282 e. The van der Waals surface area contributed by atoms with Gasteiger partial charge in [-0.05, 0) is 24.3 Å². The summed E-state index contributed by atoms with van der Waals surface area (Å²) in [6, 6.07) is 16.2. The minimum absolute atomic E-state index is 0.0622. The molecule has 0 aliphatic heterocycles. The van der Waals surface area contributed by atoms with E-state index in [-0.39, 0.29) is 17.0 Å². The number of aromatic nitrogens is 4. The van der Waals surface area contributed by atoms with E-state index in [0.29, 0.717) is 11.6 Å². The SMILES string of the molecule is COc1cccc(-n2ccc(=O)c(-c3nc(-c4cccc(Br)c4)no3)n2)c1. The van der Waals surface area contributed by atoms with Gasteiger partial charge in [-0.2, -0.15) is 10.1 Å². The third-order valence-corrected chi connectivity index (χ3v) is 4.33. The van der Waals surface area contributed by atoms with Crippen LogP contribution in [0.25, 0.3) is 28.7 Å². The molecule has 4 aromatic rings. The lowest BCUT2D eigenvalue weighted by atomic mass is 10.2. The summed E-state index contributed by atoms with van der Waals surface area (Å²) in [5.74, 6) is 1.13. The second-order valence-electron chi connectivity index (χ2n) is 5.61. The van der Waals surface area contributed by atoms with Gasteiger partial charge in [-0.25, -0.2) is 4.68 Å². The Balaban J connectivity index is 1.75. The highest BCUT2D eigenvalue weighted by molar-refractivity contribution is 9.10. The van der Waals surface area contributed by atoms with Crippen molar-refractivity contribution >= 4 is 15.9 Å². The highest BCUT2D eigenvalue weighted by atomic mass is 79.9. The Hall–Kier alpha value is -3.26. The van der Waals surface area contributed by atoms with E-state index in [2.05, 4.69) is 31.2 Å². The monoisotopic (exact) mass is 424 g/mol. The predicted molar refractivity (Wildman–Crippen MR) is 103 cm³/mol. The van der Waals surface area contributed by atoms with Crippen molar-refractivity contribution in [2.24, 2.45) is 0 Å². The van der Waals surface area contributed by atoms with Crippen molar-refractivity contribution in [3.05, 3.63) is 75.5 Å². The molecule has 134 valence electrons. The molecule has 0 unspecified atom stereocenters. The molecule has 0 radical (unpaired) electrons. The van der Waals surface area contributed by atoms with Crippen molar-refractivity contribution in [1.82, 2.24) is 19.9 Å². The van der Waals surface area contributed by atoms with Crippen LogP contribution in [0.4, 0.5) is 0 Å². The number of rotatable bonds is 4. The molecule has 2 heterocycles. The van der Waals surface area contributed by atoms with Gasteiger partial charge in [0, 0.05) is 28.4 Å². The smallest absolute Gasteiger partial charge is 0.282 e. The van der Waals surface area contributed by atoms with Gasteiger partial charge >= 0.3 is 0 Å². The number of ether oxygens (including phenoxy) is 1. The molecule has 0 spiro atoms. The van der Waals surface area contributed by atoms with Gasteiger partial charge in [0.15, 0.2) is 5.69 Å². The largest absolute Gasteiger partial charge is 0.497 e. The highest BCUT2D eigenvalue weighted by Crippen LogP contribution is 2.23. The summed E-state index contributed by atoms with van der Waals surface area (Å²) in [5, 5.41) is 8.32. The van der Waals surface area contributed by atoms with E-state index < -0.39 is 0 Å². The van der Waals surface area contributed by atoms with Crippen LogP contribution in [0.2, 0.25) is 0 Å². The van der Waals surface area contributed by atoms with Gasteiger partial charge in [0.1, 0.15) is 5.75 Å². The molecule has 7 nitrogen and oxygen atoms in total. The topological polar surface area (TPSA) is 83.0 Å². The standard InChI is InChI=1S/C19H13BrN4O3/c1-26-15-7-3-6-14(11-15)24-9-8-16(25)17(22-24)19-21-18(23-27-19)12-4-2-5-13(20)10-12/h2-11H,1H3. The van der Waals surface area contributed by atoms with Gasteiger partial charge in [-0.1, -0.05) is 39.3 Å². The maximum atomic E-state index is 12.3. The number of halogens is 1. The molecule has 4 rings (SSSR count). The van der Waals surface area contributed by atoms with Crippen LogP contribution in [-0.4, -0.2) is 27.0 Å². The molecule has 0 N–H and O–H groups in total. The molecule has 0 amide bonds. The third kappa shape index (κ3) is 3.52. The molecule has 0 aliphatic rings. The number of benzene rings is 2. The minimum atomic E-state index is -0.307. The zero-order valence-corrected chi connectivity index (χ0v) is 15.8. The normalized spacial score (nSPS) is 10.7. The summed E-state index contributed by atoms with van der Waals surface area (Å²) in [6.07, 6.45) is 1.58. The molecular formula is C19H13BrN4O3. The maximum absolute atomic E-state index is 12.3. The van der Waals surface area contributed by atoms with E-state index >= 15 is 0 Å². The van der Waals surface area contributed by atoms with Gasteiger partial charge in [0.25, 0.3) is 5.89 Å². The Bertz CT molecular complexity index is 1170. The van der Waals surface area contributed by atoms with Crippen LogP contribution in [-0.2, 0) is 0 Å². The second-order valence-corrected chi connectivity index (χ2v) is 6.52. The molecule has 8 heteroatoms. The van der Waals surface area contributed by atoms with E-state index in [0.717, 1.165) is 15.7 Å². The lowest BCUT2D eigenvalue weighted by Crippen LogP contribution is -2.12. The van der Waals surface area contributed by atoms with E-state index in [9.17, 15) is 4.79 Å². The lowest BCUT2D eigenvalue weighted by molar-refractivity contribution is 0.414. The van der Waals surface area contributed by atoms with Gasteiger partial charge in [0.2, 0.25) is 11.3 Å². The fourth-order valence-electron chi connectivity index (χ4n) is 2.52. The molecule has 2 aromatic carbocycles. The quantitative estimate of drug-likeness (QED) is 0.496. The third-order valence-electron chi connectivity index (χ3n) is 3.84. The van der Waals surface area contributed by atoms with Crippen LogP contribution in [0, 0.1) is 0 Å². The fraction of sp³-hybridized carbons (Fsp3) is 0.0526. The predicted octanol–water partition coefficient (Wildman–Crippen LogP) is 3.72. The van der Waals surface area contributed by atoms with Crippen molar-refractivity contribution in [2.75, 3.05) is 7.11 Å². The number of hydrogen-bond acceptors (Lipinski definition) is 6. The van der Waals surface area contributed by atoms with Crippen LogP contribution in [0.15, 0.2) is 74.6 Å². The Kier molecular flexibility index (Phi) is 4.55. The molecule has 0 saturated heterocycles. The Morgan fingerprint density at radius 1 is 1.11 bits per heavy atom. The summed E-state index contributed by atoms with van der Waals surface area (Å²) in [5.41, 5.74) is 1.28. The molecule has 27 heavy (non-hydrogen) atoms. The molecule has 0 saturated carbocycles. The van der Waals surface area contributed by atoms with Crippen LogP contribution < -0.4 is 10.2 Å². The number of methoxy groups -OCH3 is 1. The Morgan fingerprint density at radius 2 is 1.96 bits per heavy atom. The van der Waals surface area contributed by atoms with Crippen molar-refractivity contribution in [3.63, 3.8) is 0 Å². The second kappa shape index (κ2) is 7.16. The summed E-state index contributed by atoms with van der Waals surface area (Å²) < 4.78 is 13.0. The summed E-state index contributed by atoms with van der Waals surface area (Å²) in [7, 11) is 1.59. The molecule has 0 aliphatic carbocycles. The number of nitrogens with zero attached hydrogens (tertiary/aromatic N) is 4. The van der Waals surface area contributed by atoms with Crippen molar-refractivity contribution in [2.45, 2.75) is 0 Å². The van der Waals surface area contributed by atoms with Gasteiger partial charge in [-0.15, -0.1) is 0 Å². The Labute approximate surface area is 162 Å². The molecule has 0 fully saturated rings. The first-order chi connectivity index (χ1) is 13.1. The van der Waals surface area contributed by atoms with E-state index in [1.54, 1.807) is 18.0 Å². The lowest BCUT2D eigenvalue weighted by Gasteiger charge is -2.07. The van der Waals surface area contributed by atoms with Gasteiger partial charge in [-0.3, -0.25) is 4.79 Å². The van der Waals surface area contributed by atoms with Crippen LogP contribution in [0.3, 0.4) is 0 Å². The first kappa shape index (κ1) is 17.2. The molecule has 0 bridgehead atoms. The van der Waals surface area contributed by atoms with Gasteiger partial charge < -0.3 is 9.26 Å². The fourth-order valence-corrected chi connectivity index (χ4v) is 2.92. The average molecular weight is 425 g/mol. The first-order valence-electron chi connectivity index (χ1n) is 7.98. The van der Waals surface area contributed by atoms with Crippen molar-refractivity contribution in [3.8, 4) is 34.4 Å². The number of hydrogen-bond donors (Lipinski definition) is 0. The van der Waals surface area contributed by atoms with Gasteiger partial charge in [0.05, 0.1) is 12.8 Å². The summed E-state index contributed by atoms with van der Waals surface area (Å²) >= 11 is 3.41. The van der Waals surface area contributed by atoms with E-state index in [4.69, 9.17) is 9.26 Å². The zero-order valence-electron chi connectivity index (χ0n) is 14.2. The zero-order chi connectivity index (χ0) is 18.8. The summed E-state index contributed by atoms with van der Waals surface area (Å²) in [4.78, 5) is 16.6. The van der Waals surface area contributed by atoms with Crippen molar-refractivity contribution < 1.29 is 9.26 Å². The van der Waals surface area contributed by atoms with Crippen molar-refractivity contribution in [1.29, 1.82) is 0 Å². The van der Waals surface area contributed by atoms with Crippen LogP contribution >= 0.6 is 15.9 Å². The average Bonchev–Trinajstić information content (AvgIpc) is 3.18.